The summed E-state index contributed by atoms with van der Waals surface area (Å²) < 4.78 is 5.25. The highest BCUT2D eigenvalue weighted by Gasteiger charge is 2.15. The molecule has 166 valence electrons. The van der Waals surface area contributed by atoms with Crippen molar-refractivity contribution in [3.8, 4) is 22.5 Å². The number of hydrogen-bond donors (Lipinski definition) is 0. The largest absolute Gasteiger partial charge is 0.472 e. The molecule has 0 aliphatic heterocycles. The van der Waals surface area contributed by atoms with Crippen LogP contribution >= 0.6 is 11.3 Å². The number of thiophene rings is 1. The van der Waals surface area contributed by atoms with Gasteiger partial charge in [-0.2, -0.15) is 0 Å². The van der Waals surface area contributed by atoms with Crippen LogP contribution in [-0.4, -0.2) is 23.6 Å². The fourth-order valence-corrected chi connectivity index (χ4v) is 4.95. The molecule has 5 rings (SSSR count). The Morgan fingerprint density at radius 3 is 2.30 bits per heavy atom. The summed E-state index contributed by atoms with van der Waals surface area (Å²) in [5.41, 5.74) is 6.08. The van der Waals surface area contributed by atoms with Crippen LogP contribution in [0.1, 0.15) is 22.4 Å². The van der Waals surface area contributed by atoms with E-state index in [0.29, 0.717) is 5.82 Å². The Kier molecular flexibility index (Phi) is 5.97. The minimum atomic E-state index is 0.714. The first-order chi connectivity index (χ1) is 16.1. The van der Waals surface area contributed by atoms with Gasteiger partial charge in [-0.3, -0.25) is 0 Å². The first kappa shape index (κ1) is 21.4. The van der Waals surface area contributed by atoms with E-state index in [1.807, 2.05) is 6.07 Å². The summed E-state index contributed by atoms with van der Waals surface area (Å²) in [7, 11) is 2.12. The summed E-state index contributed by atoms with van der Waals surface area (Å²) in [6.45, 7) is 5.16. The number of furan rings is 1. The van der Waals surface area contributed by atoms with E-state index in [4.69, 9.17) is 14.4 Å². The van der Waals surface area contributed by atoms with E-state index in [1.54, 1.807) is 23.9 Å². The number of aryl methyl sites for hydroxylation is 3. The maximum absolute atomic E-state index is 5.25. The summed E-state index contributed by atoms with van der Waals surface area (Å²) in [6.07, 6.45) is 5.45. The third kappa shape index (κ3) is 4.69. The molecule has 0 aliphatic rings. The average Bonchev–Trinajstić information content (AvgIpc) is 3.48. The normalized spacial score (nSPS) is 11.2. The predicted octanol–water partition coefficient (Wildman–Crippen LogP) is 7.30. The number of hydrogen-bond acceptors (Lipinski definition) is 5. The molecule has 5 heteroatoms. The van der Waals surface area contributed by atoms with Crippen molar-refractivity contribution in [2.24, 2.45) is 0 Å². The van der Waals surface area contributed by atoms with Gasteiger partial charge in [0, 0.05) is 18.5 Å². The summed E-state index contributed by atoms with van der Waals surface area (Å²) in [4.78, 5) is 14.2. The van der Waals surface area contributed by atoms with Crippen LogP contribution < -0.4 is 4.90 Å². The highest BCUT2D eigenvalue weighted by Crippen LogP contribution is 2.33. The highest BCUT2D eigenvalue weighted by atomic mass is 32.1. The van der Waals surface area contributed by atoms with Gasteiger partial charge in [-0.05, 0) is 55.5 Å². The second-order valence-electron chi connectivity index (χ2n) is 8.55. The molecule has 4 nitrogen and oxygen atoms in total. The second-order valence-corrected chi connectivity index (χ2v) is 9.78. The van der Waals surface area contributed by atoms with Crippen LogP contribution in [0.3, 0.4) is 0 Å². The molecule has 0 spiro atoms. The lowest BCUT2D eigenvalue weighted by Crippen LogP contribution is -2.21. The van der Waals surface area contributed by atoms with Crippen molar-refractivity contribution in [1.29, 1.82) is 0 Å². The Morgan fingerprint density at radius 2 is 1.61 bits per heavy atom. The van der Waals surface area contributed by atoms with Crippen molar-refractivity contribution in [2.75, 3.05) is 18.5 Å². The third-order valence-corrected chi connectivity index (χ3v) is 6.88. The highest BCUT2D eigenvalue weighted by molar-refractivity contribution is 7.18. The van der Waals surface area contributed by atoms with E-state index >= 15 is 0 Å². The first-order valence-corrected chi connectivity index (χ1v) is 12.1. The Labute approximate surface area is 198 Å². The van der Waals surface area contributed by atoms with Gasteiger partial charge >= 0.3 is 0 Å². The molecule has 0 bridgehead atoms. The van der Waals surface area contributed by atoms with Gasteiger partial charge in [0.25, 0.3) is 0 Å². The van der Waals surface area contributed by atoms with Gasteiger partial charge < -0.3 is 9.32 Å². The van der Waals surface area contributed by atoms with Gasteiger partial charge in [-0.1, -0.05) is 54.1 Å². The lowest BCUT2D eigenvalue weighted by Gasteiger charge is -2.19. The molecular weight excluding hydrogens is 426 g/mol. The zero-order chi connectivity index (χ0) is 22.8. The Morgan fingerprint density at radius 1 is 0.879 bits per heavy atom. The SMILES string of the molecule is Cc1ccc(-c2ccc(CCCN(C)c3nc(-c4ccoc4)nc4sc(C)cc34)cc2)cc1. The third-order valence-electron chi connectivity index (χ3n) is 5.93. The molecule has 33 heavy (non-hydrogen) atoms. The molecule has 0 saturated heterocycles. The predicted molar refractivity (Wildman–Crippen MR) is 138 cm³/mol. The lowest BCUT2D eigenvalue weighted by molar-refractivity contribution is 0.568. The van der Waals surface area contributed by atoms with Crippen molar-refractivity contribution in [1.82, 2.24) is 9.97 Å². The van der Waals surface area contributed by atoms with Gasteiger partial charge in [0.2, 0.25) is 0 Å². The topological polar surface area (TPSA) is 42.2 Å². The maximum atomic E-state index is 5.25. The number of nitrogens with zero attached hydrogens (tertiary/aromatic N) is 3. The molecular formula is C28H27N3OS. The molecule has 0 saturated carbocycles. The van der Waals surface area contributed by atoms with E-state index in [9.17, 15) is 0 Å². The quantitative estimate of drug-likeness (QED) is 0.259. The molecule has 0 aliphatic carbocycles. The second kappa shape index (κ2) is 9.20. The average molecular weight is 454 g/mol. The molecule has 2 aromatic carbocycles. The number of anilines is 1. The molecule has 0 atom stereocenters. The zero-order valence-corrected chi connectivity index (χ0v) is 20.0. The minimum absolute atomic E-state index is 0.714. The van der Waals surface area contributed by atoms with Crippen LogP contribution in [0.2, 0.25) is 0 Å². The van der Waals surface area contributed by atoms with Crippen molar-refractivity contribution in [2.45, 2.75) is 26.7 Å². The number of benzene rings is 2. The Balaban J connectivity index is 1.28. The molecule has 3 heterocycles. The van der Waals surface area contributed by atoms with Gasteiger partial charge in [0.05, 0.1) is 17.2 Å². The van der Waals surface area contributed by atoms with Crippen LogP contribution in [-0.2, 0) is 6.42 Å². The van der Waals surface area contributed by atoms with E-state index in [2.05, 4.69) is 80.4 Å². The zero-order valence-electron chi connectivity index (χ0n) is 19.2. The summed E-state index contributed by atoms with van der Waals surface area (Å²) in [5, 5.41) is 1.12. The molecule has 0 unspecified atom stereocenters. The van der Waals surface area contributed by atoms with Crippen LogP contribution in [0.25, 0.3) is 32.7 Å². The van der Waals surface area contributed by atoms with Gasteiger partial charge in [0.1, 0.15) is 16.9 Å². The van der Waals surface area contributed by atoms with Crippen LogP contribution in [0.15, 0.2) is 77.6 Å². The number of fused-ring (bicyclic) bond motifs is 1. The Hall–Kier alpha value is -3.44. The molecule has 5 aromatic rings. The molecule has 0 amide bonds. The molecule has 3 aromatic heterocycles. The van der Waals surface area contributed by atoms with Gasteiger partial charge in [0.15, 0.2) is 5.82 Å². The van der Waals surface area contributed by atoms with Crippen molar-refractivity contribution < 1.29 is 4.42 Å². The Bertz CT molecular complexity index is 1350. The van der Waals surface area contributed by atoms with Crippen LogP contribution in [0.4, 0.5) is 5.82 Å². The van der Waals surface area contributed by atoms with E-state index < -0.39 is 0 Å². The van der Waals surface area contributed by atoms with Crippen molar-refractivity contribution >= 4 is 27.4 Å². The van der Waals surface area contributed by atoms with Gasteiger partial charge in [-0.15, -0.1) is 11.3 Å². The smallest absolute Gasteiger partial charge is 0.166 e. The van der Waals surface area contributed by atoms with Crippen molar-refractivity contribution in [3.05, 3.63) is 89.2 Å². The fourth-order valence-electron chi connectivity index (χ4n) is 4.07. The van der Waals surface area contributed by atoms with Crippen LogP contribution in [0, 0.1) is 13.8 Å². The summed E-state index contributed by atoms with van der Waals surface area (Å²) in [5.74, 6) is 1.70. The van der Waals surface area contributed by atoms with E-state index in [1.165, 1.54) is 27.1 Å². The van der Waals surface area contributed by atoms with Crippen LogP contribution in [0.5, 0.6) is 0 Å². The maximum Gasteiger partial charge on any atom is 0.166 e. The van der Waals surface area contributed by atoms with Gasteiger partial charge in [-0.25, -0.2) is 9.97 Å². The lowest BCUT2D eigenvalue weighted by atomic mass is 10.0. The summed E-state index contributed by atoms with van der Waals surface area (Å²) in [6, 6.07) is 21.7. The number of rotatable bonds is 7. The fraction of sp³-hybridized carbons (Fsp3) is 0.214. The standard InChI is InChI=1S/C28H27N3OS/c1-19-6-10-22(11-7-19)23-12-8-21(9-13-23)5-4-15-31(3)27-25-17-20(2)33-28(25)30-26(29-27)24-14-16-32-18-24/h6-14,16-18H,4-5,15H2,1-3H3. The first-order valence-electron chi connectivity index (χ1n) is 11.2. The van der Waals surface area contributed by atoms with E-state index in [-0.39, 0.29) is 0 Å². The van der Waals surface area contributed by atoms with Crippen molar-refractivity contribution in [3.63, 3.8) is 0 Å². The molecule has 0 N–H and O–H groups in total. The molecule has 0 fully saturated rings. The summed E-state index contributed by atoms with van der Waals surface area (Å²) >= 11 is 1.71. The van der Waals surface area contributed by atoms with E-state index in [0.717, 1.165) is 41.0 Å². The molecule has 0 radical (unpaired) electrons. The minimum Gasteiger partial charge on any atom is -0.472 e. The number of aromatic nitrogens is 2. The monoisotopic (exact) mass is 453 g/mol.